The second-order valence-electron chi connectivity index (χ2n) is 6.53. The third kappa shape index (κ3) is 5.63. The molecule has 0 aliphatic heterocycles. The molecule has 22 heavy (non-hydrogen) atoms. The number of nitrogens with one attached hydrogen (secondary N) is 1. The minimum Gasteiger partial charge on any atom is -0.311 e. The number of hydrogen-bond donors (Lipinski definition) is 1. The van der Waals surface area contributed by atoms with E-state index in [0.29, 0.717) is 0 Å². The summed E-state index contributed by atoms with van der Waals surface area (Å²) in [6, 6.07) is 21.4. The molecular formula is C20H28N2. The SMILES string of the molecule is CCNC(C)(C)CN(Cc1ccccc1)Cc1ccccc1. The highest BCUT2D eigenvalue weighted by atomic mass is 15.2. The molecule has 0 heterocycles. The molecule has 0 aliphatic carbocycles. The van der Waals surface area contributed by atoms with Gasteiger partial charge < -0.3 is 5.32 Å². The molecule has 0 radical (unpaired) electrons. The molecule has 0 atom stereocenters. The summed E-state index contributed by atoms with van der Waals surface area (Å²) in [6.45, 7) is 10.7. The van der Waals surface area contributed by atoms with Crippen LogP contribution in [0.1, 0.15) is 31.9 Å². The summed E-state index contributed by atoms with van der Waals surface area (Å²) in [5.74, 6) is 0. The summed E-state index contributed by atoms with van der Waals surface area (Å²) in [7, 11) is 0. The molecule has 2 heteroatoms. The molecule has 0 fully saturated rings. The third-order valence-electron chi connectivity index (χ3n) is 3.77. The molecule has 1 N–H and O–H groups in total. The molecule has 0 saturated carbocycles. The maximum absolute atomic E-state index is 3.58. The first kappa shape index (κ1) is 16.7. The van der Waals surface area contributed by atoms with Crippen LogP contribution in [0.25, 0.3) is 0 Å². The minimum absolute atomic E-state index is 0.109. The summed E-state index contributed by atoms with van der Waals surface area (Å²) in [5.41, 5.74) is 2.84. The lowest BCUT2D eigenvalue weighted by Gasteiger charge is -2.33. The highest BCUT2D eigenvalue weighted by Gasteiger charge is 2.20. The Morgan fingerprint density at radius 1 is 0.818 bits per heavy atom. The lowest BCUT2D eigenvalue weighted by atomic mass is 10.0. The fraction of sp³-hybridized carbons (Fsp3) is 0.400. The topological polar surface area (TPSA) is 15.3 Å². The van der Waals surface area contributed by atoms with Crippen LogP contribution in [0.3, 0.4) is 0 Å². The summed E-state index contributed by atoms with van der Waals surface area (Å²) in [5, 5.41) is 3.58. The van der Waals surface area contributed by atoms with Crippen LogP contribution in [0.4, 0.5) is 0 Å². The summed E-state index contributed by atoms with van der Waals surface area (Å²) >= 11 is 0. The molecule has 118 valence electrons. The van der Waals surface area contributed by atoms with Gasteiger partial charge in [0.1, 0.15) is 0 Å². The molecular weight excluding hydrogens is 268 g/mol. The maximum Gasteiger partial charge on any atom is 0.0252 e. The van der Waals surface area contributed by atoms with Gasteiger partial charge in [-0.1, -0.05) is 67.6 Å². The zero-order valence-corrected chi connectivity index (χ0v) is 14.0. The van der Waals surface area contributed by atoms with Crippen molar-refractivity contribution >= 4 is 0 Å². The lowest BCUT2D eigenvalue weighted by molar-refractivity contribution is 0.187. The quantitative estimate of drug-likeness (QED) is 0.789. The molecule has 2 nitrogen and oxygen atoms in total. The van der Waals surface area contributed by atoms with Crippen LogP contribution >= 0.6 is 0 Å². The lowest BCUT2D eigenvalue weighted by Crippen LogP contribution is -2.48. The summed E-state index contributed by atoms with van der Waals surface area (Å²) in [6.07, 6.45) is 0. The molecule has 0 aromatic heterocycles. The fourth-order valence-electron chi connectivity index (χ4n) is 2.94. The number of likely N-dealkylation sites (N-methyl/N-ethyl adjacent to an activating group) is 1. The molecule has 0 aliphatic rings. The molecule has 0 spiro atoms. The van der Waals surface area contributed by atoms with Crippen LogP contribution < -0.4 is 5.32 Å². The van der Waals surface area contributed by atoms with Gasteiger partial charge in [-0.2, -0.15) is 0 Å². The number of benzene rings is 2. The van der Waals surface area contributed by atoms with Gasteiger partial charge in [-0.15, -0.1) is 0 Å². The van der Waals surface area contributed by atoms with Crippen LogP contribution in [-0.2, 0) is 13.1 Å². The second kappa shape index (κ2) is 8.11. The van der Waals surface area contributed by atoms with E-state index in [1.165, 1.54) is 11.1 Å². The average Bonchev–Trinajstić information content (AvgIpc) is 2.48. The standard InChI is InChI=1S/C20H28N2/c1-4-21-20(2,3)17-22(15-18-11-7-5-8-12-18)16-19-13-9-6-10-14-19/h5-14,21H,4,15-17H2,1-3H3. The first-order chi connectivity index (χ1) is 10.6. The van der Waals surface area contributed by atoms with Crippen molar-refractivity contribution in [1.29, 1.82) is 0 Å². The van der Waals surface area contributed by atoms with E-state index in [-0.39, 0.29) is 5.54 Å². The zero-order chi connectivity index (χ0) is 15.8. The Morgan fingerprint density at radius 2 is 1.27 bits per heavy atom. The molecule has 0 amide bonds. The van der Waals surface area contributed by atoms with E-state index in [2.05, 4.69) is 91.7 Å². The largest absolute Gasteiger partial charge is 0.311 e. The van der Waals surface area contributed by atoms with Gasteiger partial charge in [0, 0.05) is 25.2 Å². The van der Waals surface area contributed by atoms with Gasteiger partial charge in [0.05, 0.1) is 0 Å². The predicted octanol–water partition coefficient (Wildman–Crippen LogP) is 4.08. The van der Waals surface area contributed by atoms with Crippen LogP contribution in [0, 0.1) is 0 Å². The van der Waals surface area contributed by atoms with E-state index in [9.17, 15) is 0 Å². The van der Waals surface area contributed by atoms with E-state index >= 15 is 0 Å². The third-order valence-corrected chi connectivity index (χ3v) is 3.77. The normalized spacial score (nSPS) is 11.8. The van der Waals surface area contributed by atoms with Gasteiger partial charge in [-0.3, -0.25) is 4.90 Å². The van der Waals surface area contributed by atoms with Crippen molar-refractivity contribution in [3.63, 3.8) is 0 Å². The number of rotatable bonds is 8. The van der Waals surface area contributed by atoms with E-state index in [0.717, 1.165) is 26.2 Å². The molecule has 2 aromatic rings. The molecule has 2 aromatic carbocycles. The van der Waals surface area contributed by atoms with Crippen molar-refractivity contribution in [1.82, 2.24) is 10.2 Å². The van der Waals surface area contributed by atoms with Crippen LogP contribution in [0.15, 0.2) is 60.7 Å². The Morgan fingerprint density at radius 3 is 1.68 bits per heavy atom. The van der Waals surface area contributed by atoms with Crippen molar-refractivity contribution < 1.29 is 0 Å². The molecule has 0 unspecified atom stereocenters. The fourth-order valence-corrected chi connectivity index (χ4v) is 2.94. The van der Waals surface area contributed by atoms with Gasteiger partial charge in [0.25, 0.3) is 0 Å². The Bertz CT molecular complexity index is 493. The monoisotopic (exact) mass is 296 g/mol. The molecule has 2 rings (SSSR count). The molecule has 0 saturated heterocycles. The Kier molecular flexibility index (Phi) is 6.17. The van der Waals surface area contributed by atoms with Crippen LogP contribution in [-0.4, -0.2) is 23.5 Å². The highest BCUT2D eigenvalue weighted by Crippen LogP contribution is 2.14. The van der Waals surface area contributed by atoms with Crippen LogP contribution in [0.2, 0.25) is 0 Å². The Balaban J connectivity index is 2.09. The minimum atomic E-state index is 0.109. The van der Waals surface area contributed by atoms with Gasteiger partial charge in [0.15, 0.2) is 0 Å². The van der Waals surface area contributed by atoms with Gasteiger partial charge in [0.2, 0.25) is 0 Å². The van der Waals surface area contributed by atoms with E-state index in [1.807, 2.05) is 0 Å². The van der Waals surface area contributed by atoms with Crippen molar-refractivity contribution in [2.24, 2.45) is 0 Å². The van der Waals surface area contributed by atoms with Crippen molar-refractivity contribution in [2.45, 2.75) is 39.4 Å². The van der Waals surface area contributed by atoms with Gasteiger partial charge >= 0.3 is 0 Å². The molecule has 0 bridgehead atoms. The Hall–Kier alpha value is -1.64. The second-order valence-corrected chi connectivity index (χ2v) is 6.53. The van der Waals surface area contributed by atoms with Crippen molar-refractivity contribution in [3.05, 3.63) is 71.8 Å². The van der Waals surface area contributed by atoms with Gasteiger partial charge in [-0.25, -0.2) is 0 Å². The smallest absolute Gasteiger partial charge is 0.0252 e. The van der Waals surface area contributed by atoms with Crippen molar-refractivity contribution in [3.8, 4) is 0 Å². The first-order valence-corrected chi connectivity index (χ1v) is 8.14. The van der Waals surface area contributed by atoms with E-state index < -0.39 is 0 Å². The average molecular weight is 296 g/mol. The summed E-state index contributed by atoms with van der Waals surface area (Å²) < 4.78 is 0. The summed E-state index contributed by atoms with van der Waals surface area (Å²) in [4.78, 5) is 2.52. The maximum atomic E-state index is 3.58. The van der Waals surface area contributed by atoms with E-state index in [4.69, 9.17) is 0 Å². The predicted molar refractivity (Wildman–Crippen MR) is 94.8 cm³/mol. The van der Waals surface area contributed by atoms with E-state index in [1.54, 1.807) is 0 Å². The zero-order valence-electron chi connectivity index (χ0n) is 14.0. The number of hydrogen-bond acceptors (Lipinski definition) is 2. The van der Waals surface area contributed by atoms with Crippen LogP contribution in [0.5, 0.6) is 0 Å². The van der Waals surface area contributed by atoms with Crippen molar-refractivity contribution in [2.75, 3.05) is 13.1 Å². The van der Waals surface area contributed by atoms with Gasteiger partial charge in [-0.05, 0) is 31.5 Å². The first-order valence-electron chi connectivity index (χ1n) is 8.14. The highest BCUT2D eigenvalue weighted by molar-refractivity contribution is 5.17. The number of nitrogens with zero attached hydrogens (tertiary/aromatic N) is 1. The Labute approximate surface area is 135 Å².